The summed E-state index contributed by atoms with van der Waals surface area (Å²) in [5.74, 6) is -0.277. The van der Waals surface area contributed by atoms with Crippen molar-refractivity contribution in [3.05, 3.63) is 63.5 Å². The molecule has 7 heteroatoms. The van der Waals surface area contributed by atoms with E-state index in [-0.39, 0.29) is 29.8 Å². The number of fused-ring (bicyclic) bond motifs is 1. The van der Waals surface area contributed by atoms with Gasteiger partial charge in [0.25, 0.3) is 5.56 Å². The molecular weight excluding hydrogens is 338 g/mol. The van der Waals surface area contributed by atoms with E-state index in [1.807, 2.05) is 6.92 Å². The monoisotopic (exact) mass is 355 g/mol. The summed E-state index contributed by atoms with van der Waals surface area (Å²) in [7, 11) is 0. The molecule has 6 nitrogen and oxygen atoms in total. The molecule has 25 heavy (non-hydrogen) atoms. The Morgan fingerprint density at radius 2 is 1.96 bits per heavy atom. The Morgan fingerprint density at radius 3 is 2.64 bits per heavy atom. The van der Waals surface area contributed by atoms with Gasteiger partial charge in [0.2, 0.25) is 5.91 Å². The zero-order valence-corrected chi connectivity index (χ0v) is 14.7. The standard InChI is InChI=1S/C18H17N3O3S/c1-11(20-12(2)22)13-3-5-14(6-4-13)16(23)9-21-10-19-17-15(18(21)24)7-8-25-17/h3-8,10-11H,9H2,1-2H3,(H,20,22)/t11-/m1/s1. The first-order chi connectivity index (χ1) is 12.0. The lowest BCUT2D eigenvalue weighted by Gasteiger charge is -2.13. The molecule has 3 rings (SSSR count). The second-order valence-corrected chi connectivity index (χ2v) is 6.68. The first kappa shape index (κ1) is 17.0. The molecule has 0 aliphatic carbocycles. The van der Waals surface area contributed by atoms with Gasteiger partial charge in [0.05, 0.1) is 24.3 Å². The van der Waals surface area contributed by atoms with Crippen molar-refractivity contribution in [3.8, 4) is 0 Å². The lowest BCUT2D eigenvalue weighted by atomic mass is 10.0. The average molecular weight is 355 g/mol. The molecule has 1 aromatic carbocycles. The third kappa shape index (κ3) is 3.66. The summed E-state index contributed by atoms with van der Waals surface area (Å²) in [5, 5.41) is 5.13. The number of hydrogen-bond donors (Lipinski definition) is 1. The molecule has 0 saturated heterocycles. The Bertz CT molecular complexity index is 989. The minimum absolute atomic E-state index is 0.0573. The Morgan fingerprint density at radius 1 is 1.24 bits per heavy atom. The highest BCUT2D eigenvalue weighted by Gasteiger charge is 2.12. The van der Waals surface area contributed by atoms with Crippen molar-refractivity contribution in [3.63, 3.8) is 0 Å². The summed E-state index contributed by atoms with van der Waals surface area (Å²) in [5.41, 5.74) is 1.21. The molecule has 1 amide bonds. The van der Waals surface area contributed by atoms with E-state index in [0.29, 0.717) is 15.8 Å². The summed E-state index contributed by atoms with van der Waals surface area (Å²) < 4.78 is 1.32. The largest absolute Gasteiger partial charge is 0.350 e. The molecule has 0 bridgehead atoms. The van der Waals surface area contributed by atoms with Gasteiger partial charge < -0.3 is 5.32 Å². The molecule has 3 aromatic rings. The van der Waals surface area contributed by atoms with Gasteiger partial charge in [-0.15, -0.1) is 11.3 Å². The number of ketones is 1. The Balaban J connectivity index is 1.77. The van der Waals surface area contributed by atoms with Crippen molar-refractivity contribution in [2.24, 2.45) is 0 Å². The van der Waals surface area contributed by atoms with E-state index in [0.717, 1.165) is 5.56 Å². The molecule has 0 aliphatic rings. The maximum absolute atomic E-state index is 12.4. The molecule has 0 unspecified atom stereocenters. The molecule has 0 aliphatic heterocycles. The van der Waals surface area contributed by atoms with Crippen LogP contribution in [0.1, 0.15) is 35.8 Å². The van der Waals surface area contributed by atoms with E-state index in [2.05, 4.69) is 10.3 Å². The van der Waals surface area contributed by atoms with E-state index >= 15 is 0 Å². The number of carbonyl (C=O) groups is 2. The van der Waals surface area contributed by atoms with E-state index in [4.69, 9.17) is 0 Å². The summed E-state index contributed by atoms with van der Waals surface area (Å²) in [6.07, 6.45) is 1.41. The Labute approximate surface area is 148 Å². The number of rotatable bonds is 5. The summed E-state index contributed by atoms with van der Waals surface area (Å²) in [4.78, 5) is 40.8. The highest BCUT2D eigenvalue weighted by molar-refractivity contribution is 7.16. The fourth-order valence-corrected chi connectivity index (χ4v) is 3.32. The fourth-order valence-electron chi connectivity index (χ4n) is 2.60. The van der Waals surface area contributed by atoms with Gasteiger partial charge in [0.15, 0.2) is 5.78 Å². The first-order valence-corrected chi connectivity index (χ1v) is 8.66. The van der Waals surface area contributed by atoms with Gasteiger partial charge in [0, 0.05) is 12.5 Å². The molecule has 0 fully saturated rings. The van der Waals surface area contributed by atoms with Crippen LogP contribution in [0.2, 0.25) is 0 Å². The number of thiophene rings is 1. The van der Waals surface area contributed by atoms with Crippen LogP contribution in [0, 0.1) is 0 Å². The number of nitrogens with zero attached hydrogens (tertiary/aromatic N) is 2. The van der Waals surface area contributed by atoms with Gasteiger partial charge in [-0.3, -0.25) is 19.0 Å². The normalized spacial score (nSPS) is 12.1. The topological polar surface area (TPSA) is 81.1 Å². The van der Waals surface area contributed by atoms with Gasteiger partial charge >= 0.3 is 0 Å². The number of aromatic nitrogens is 2. The number of Topliss-reactive ketones (excluding diaryl/α,β-unsaturated/α-hetero) is 1. The minimum atomic E-state index is -0.212. The second-order valence-electron chi connectivity index (χ2n) is 5.78. The van der Waals surface area contributed by atoms with Crippen molar-refractivity contribution < 1.29 is 9.59 Å². The molecule has 0 spiro atoms. The van der Waals surface area contributed by atoms with Crippen molar-refractivity contribution in [2.45, 2.75) is 26.4 Å². The van der Waals surface area contributed by atoms with Gasteiger partial charge in [-0.05, 0) is 23.9 Å². The quantitative estimate of drug-likeness (QED) is 0.713. The molecule has 0 radical (unpaired) electrons. The van der Waals surface area contributed by atoms with E-state index in [9.17, 15) is 14.4 Å². The fraction of sp³-hybridized carbons (Fsp3) is 0.222. The maximum Gasteiger partial charge on any atom is 0.262 e. The lowest BCUT2D eigenvalue weighted by molar-refractivity contribution is -0.119. The van der Waals surface area contributed by atoms with Gasteiger partial charge in [-0.1, -0.05) is 24.3 Å². The Hall–Kier alpha value is -2.80. The van der Waals surface area contributed by atoms with Crippen LogP contribution >= 0.6 is 11.3 Å². The zero-order chi connectivity index (χ0) is 18.0. The molecule has 1 atom stereocenters. The van der Waals surface area contributed by atoms with Crippen LogP contribution < -0.4 is 10.9 Å². The van der Waals surface area contributed by atoms with Crippen molar-refractivity contribution >= 4 is 33.2 Å². The van der Waals surface area contributed by atoms with Crippen LogP contribution in [0.4, 0.5) is 0 Å². The number of benzene rings is 1. The number of hydrogen-bond acceptors (Lipinski definition) is 5. The predicted octanol–water partition coefficient (Wildman–Crippen LogP) is 2.54. The van der Waals surface area contributed by atoms with Crippen LogP contribution in [0.5, 0.6) is 0 Å². The number of amides is 1. The Kier molecular flexibility index (Phi) is 4.76. The van der Waals surface area contributed by atoms with Crippen LogP contribution in [0.15, 0.2) is 46.8 Å². The van der Waals surface area contributed by atoms with Crippen molar-refractivity contribution in [2.75, 3.05) is 0 Å². The third-order valence-electron chi connectivity index (χ3n) is 3.92. The van der Waals surface area contributed by atoms with E-state index in [1.54, 1.807) is 35.7 Å². The van der Waals surface area contributed by atoms with Crippen molar-refractivity contribution in [1.29, 1.82) is 0 Å². The number of carbonyl (C=O) groups excluding carboxylic acids is 2. The molecule has 2 heterocycles. The van der Waals surface area contributed by atoms with E-state index in [1.165, 1.54) is 29.2 Å². The predicted molar refractivity (Wildman–Crippen MR) is 96.9 cm³/mol. The molecule has 0 saturated carbocycles. The van der Waals surface area contributed by atoms with Crippen LogP contribution in [0.3, 0.4) is 0 Å². The highest BCUT2D eigenvalue weighted by Crippen LogP contribution is 2.15. The average Bonchev–Trinajstić information content (AvgIpc) is 3.06. The smallest absolute Gasteiger partial charge is 0.262 e. The van der Waals surface area contributed by atoms with Crippen molar-refractivity contribution in [1.82, 2.24) is 14.9 Å². The molecule has 2 aromatic heterocycles. The summed E-state index contributed by atoms with van der Waals surface area (Å²) >= 11 is 1.39. The molecule has 128 valence electrons. The summed E-state index contributed by atoms with van der Waals surface area (Å²) in [6.45, 7) is 3.28. The first-order valence-electron chi connectivity index (χ1n) is 7.78. The van der Waals surface area contributed by atoms with Gasteiger partial charge in [-0.2, -0.15) is 0 Å². The third-order valence-corrected chi connectivity index (χ3v) is 4.74. The molecule has 1 N–H and O–H groups in total. The second kappa shape index (κ2) is 6.98. The molecular formula is C18H17N3O3S. The van der Waals surface area contributed by atoms with E-state index < -0.39 is 0 Å². The lowest BCUT2D eigenvalue weighted by Crippen LogP contribution is -2.24. The highest BCUT2D eigenvalue weighted by atomic mass is 32.1. The van der Waals surface area contributed by atoms with Crippen LogP contribution in [-0.2, 0) is 11.3 Å². The van der Waals surface area contributed by atoms with Gasteiger partial charge in [0.1, 0.15) is 4.83 Å². The van der Waals surface area contributed by atoms with Gasteiger partial charge in [-0.25, -0.2) is 4.98 Å². The summed E-state index contributed by atoms with van der Waals surface area (Å²) in [6, 6.07) is 8.60. The number of nitrogens with one attached hydrogen (secondary N) is 1. The maximum atomic E-state index is 12.4. The van der Waals surface area contributed by atoms with Crippen LogP contribution in [0.25, 0.3) is 10.2 Å². The zero-order valence-electron chi connectivity index (χ0n) is 13.9. The van der Waals surface area contributed by atoms with Crippen LogP contribution in [-0.4, -0.2) is 21.2 Å². The minimum Gasteiger partial charge on any atom is -0.350 e. The SMILES string of the molecule is CC(=O)N[C@H](C)c1ccc(C(=O)Cn2cnc3sccc3c2=O)cc1.